The number of amides is 2. The van der Waals surface area contributed by atoms with Crippen LogP contribution in [0.3, 0.4) is 0 Å². The number of hydrogen-bond donors (Lipinski definition) is 1. The van der Waals surface area contributed by atoms with Gasteiger partial charge in [-0.1, -0.05) is 13.0 Å². The minimum atomic E-state index is -1.10. The summed E-state index contributed by atoms with van der Waals surface area (Å²) >= 11 is 0. The monoisotopic (exact) mass is 318 g/mol. The van der Waals surface area contributed by atoms with Crippen molar-refractivity contribution in [2.45, 2.75) is 32.2 Å². The van der Waals surface area contributed by atoms with Crippen LogP contribution in [0.15, 0.2) is 18.2 Å². The first kappa shape index (κ1) is 15.6. The molecule has 2 heterocycles. The molecule has 6 heteroatoms. The number of anilines is 1. The number of carbonyl (C=O) groups excluding carboxylic acids is 1. The first-order valence-electron chi connectivity index (χ1n) is 7.99. The SMILES string of the molecule is COc1cccc2c1CC(C(=O)N1CCCC(C)C1)N2C(=O)O. The van der Waals surface area contributed by atoms with Gasteiger partial charge in [0.25, 0.3) is 0 Å². The van der Waals surface area contributed by atoms with Crippen LogP contribution in [-0.4, -0.2) is 48.2 Å². The Balaban J connectivity index is 1.91. The Morgan fingerprint density at radius 3 is 2.78 bits per heavy atom. The lowest BCUT2D eigenvalue weighted by atomic mass is 9.99. The topological polar surface area (TPSA) is 70.1 Å². The van der Waals surface area contributed by atoms with Crippen molar-refractivity contribution in [3.05, 3.63) is 23.8 Å². The molecular weight excluding hydrogens is 296 g/mol. The molecular formula is C17H22N2O4. The Kier molecular flexibility index (Phi) is 4.15. The highest BCUT2D eigenvalue weighted by Crippen LogP contribution is 2.39. The van der Waals surface area contributed by atoms with Crippen LogP contribution in [0.25, 0.3) is 0 Å². The molecule has 2 aliphatic rings. The maximum atomic E-state index is 12.9. The van der Waals surface area contributed by atoms with Crippen LogP contribution >= 0.6 is 0 Å². The number of ether oxygens (including phenoxy) is 1. The molecule has 1 saturated heterocycles. The van der Waals surface area contributed by atoms with E-state index in [-0.39, 0.29) is 5.91 Å². The van der Waals surface area contributed by atoms with Crippen molar-refractivity contribution in [3.8, 4) is 5.75 Å². The van der Waals surface area contributed by atoms with Gasteiger partial charge < -0.3 is 14.7 Å². The highest BCUT2D eigenvalue weighted by molar-refractivity contribution is 6.00. The Labute approximate surface area is 135 Å². The highest BCUT2D eigenvalue weighted by Gasteiger charge is 2.42. The average molecular weight is 318 g/mol. The van der Waals surface area contributed by atoms with Gasteiger partial charge in [0.05, 0.1) is 12.8 Å². The molecule has 2 aliphatic heterocycles. The second-order valence-corrected chi connectivity index (χ2v) is 6.36. The van der Waals surface area contributed by atoms with Crippen LogP contribution in [0, 0.1) is 5.92 Å². The van der Waals surface area contributed by atoms with E-state index in [1.165, 1.54) is 4.90 Å². The van der Waals surface area contributed by atoms with Crippen LogP contribution in [0.5, 0.6) is 5.75 Å². The third-order valence-corrected chi connectivity index (χ3v) is 4.76. The number of carboxylic acid groups (broad SMARTS) is 1. The smallest absolute Gasteiger partial charge is 0.412 e. The third kappa shape index (κ3) is 2.73. The van der Waals surface area contributed by atoms with Gasteiger partial charge in [-0.05, 0) is 30.9 Å². The van der Waals surface area contributed by atoms with Gasteiger partial charge in [0.15, 0.2) is 0 Å². The zero-order valence-corrected chi connectivity index (χ0v) is 13.5. The molecule has 1 aromatic rings. The fraction of sp³-hybridized carbons (Fsp3) is 0.529. The lowest BCUT2D eigenvalue weighted by Crippen LogP contribution is -2.51. The Bertz CT molecular complexity index is 631. The van der Waals surface area contributed by atoms with Crippen LogP contribution in [-0.2, 0) is 11.2 Å². The highest BCUT2D eigenvalue weighted by atomic mass is 16.5. The van der Waals surface area contributed by atoms with Gasteiger partial charge in [0.2, 0.25) is 5.91 Å². The zero-order chi connectivity index (χ0) is 16.6. The van der Waals surface area contributed by atoms with Crippen LogP contribution < -0.4 is 9.64 Å². The second kappa shape index (κ2) is 6.10. The summed E-state index contributed by atoms with van der Waals surface area (Å²) in [5, 5.41) is 9.61. The molecule has 1 aromatic carbocycles. The summed E-state index contributed by atoms with van der Waals surface area (Å²) in [4.78, 5) is 27.7. The molecule has 124 valence electrons. The Morgan fingerprint density at radius 1 is 1.35 bits per heavy atom. The Hall–Kier alpha value is -2.24. The third-order valence-electron chi connectivity index (χ3n) is 4.76. The number of nitrogens with zero attached hydrogens (tertiary/aromatic N) is 2. The van der Waals surface area contributed by atoms with E-state index in [0.29, 0.717) is 36.9 Å². The van der Waals surface area contributed by atoms with E-state index >= 15 is 0 Å². The Morgan fingerprint density at radius 2 is 2.13 bits per heavy atom. The number of likely N-dealkylation sites (tertiary alicyclic amines) is 1. The van der Waals surface area contributed by atoms with E-state index in [1.807, 2.05) is 4.90 Å². The number of fused-ring (bicyclic) bond motifs is 1. The van der Waals surface area contributed by atoms with Crippen molar-refractivity contribution in [1.29, 1.82) is 0 Å². The summed E-state index contributed by atoms with van der Waals surface area (Å²) in [7, 11) is 1.56. The van der Waals surface area contributed by atoms with Crippen molar-refractivity contribution < 1.29 is 19.4 Å². The van der Waals surface area contributed by atoms with E-state index in [2.05, 4.69) is 6.92 Å². The lowest BCUT2D eigenvalue weighted by Gasteiger charge is -2.34. The van der Waals surface area contributed by atoms with Crippen molar-refractivity contribution in [2.24, 2.45) is 5.92 Å². The summed E-state index contributed by atoms with van der Waals surface area (Å²) in [6, 6.07) is 4.60. The first-order valence-corrected chi connectivity index (χ1v) is 7.99. The van der Waals surface area contributed by atoms with Crippen molar-refractivity contribution in [3.63, 3.8) is 0 Å². The van der Waals surface area contributed by atoms with Crippen molar-refractivity contribution in [1.82, 2.24) is 4.90 Å². The number of methoxy groups -OCH3 is 1. The van der Waals surface area contributed by atoms with E-state index in [0.717, 1.165) is 18.4 Å². The molecule has 6 nitrogen and oxygen atoms in total. The van der Waals surface area contributed by atoms with Crippen molar-refractivity contribution >= 4 is 17.7 Å². The minimum Gasteiger partial charge on any atom is -0.496 e. The molecule has 0 spiro atoms. The molecule has 0 saturated carbocycles. The van der Waals surface area contributed by atoms with E-state index < -0.39 is 12.1 Å². The number of piperidine rings is 1. The summed E-state index contributed by atoms with van der Waals surface area (Å²) < 4.78 is 5.33. The van der Waals surface area contributed by atoms with Crippen LogP contribution in [0.1, 0.15) is 25.3 Å². The molecule has 2 amide bonds. The lowest BCUT2D eigenvalue weighted by molar-refractivity contribution is -0.134. The van der Waals surface area contributed by atoms with E-state index in [1.54, 1.807) is 25.3 Å². The van der Waals surface area contributed by atoms with E-state index in [9.17, 15) is 14.7 Å². The van der Waals surface area contributed by atoms with Gasteiger partial charge in [0.1, 0.15) is 11.8 Å². The largest absolute Gasteiger partial charge is 0.496 e. The summed E-state index contributed by atoms with van der Waals surface area (Å²) in [5.74, 6) is 0.998. The molecule has 0 bridgehead atoms. The van der Waals surface area contributed by atoms with Gasteiger partial charge >= 0.3 is 6.09 Å². The van der Waals surface area contributed by atoms with Crippen LogP contribution in [0.2, 0.25) is 0 Å². The second-order valence-electron chi connectivity index (χ2n) is 6.36. The normalized spacial score (nSPS) is 23.6. The summed E-state index contributed by atoms with van der Waals surface area (Å²) in [6.45, 7) is 3.54. The first-order chi connectivity index (χ1) is 11.0. The maximum absolute atomic E-state index is 12.9. The molecule has 3 rings (SSSR count). The van der Waals surface area contributed by atoms with E-state index in [4.69, 9.17) is 4.74 Å². The summed E-state index contributed by atoms with van der Waals surface area (Å²) in [6.07, 6.45) is 1.36. The van der Waals surface area contributed by atoms with Crippen LogP contribution in [0.4, 0.5) is 10.5 Å². The van der Waals surface area contributed by atoms with Gasteiger partial charge in [-0.25, -0.2) is 4.79 Å². The fourth-order valence-corrected chi connectivity index (χ4v) is 3.66. The average Bonchev–Trinajstić information content (AvgIpc) is 2.93. The maximum Gasteiger partial charge on any atom is 0.412 e. The molecule has 1 fully saturated rings. The minimum absolute atomic E-state index is 0.0998. The van der Waals surface area contributed by atoms with Gasteiger partial charge in [-0.2, -0.15) is 0 Å². The molecule has 0 radical (unpaired) electrons. The van der Waals surface area contributed by atoms with Crippen molar-refractivity contribution in [2.75, 3.05) is 25.1 Å². The number of hydrogen-bond acceptors (Lipinski definition) is 3. The molecule has 0 aliphatic carbocycles. The zero-order valence-electron chi connectivity index (χ0n) is 13.5. The summed E-state index contributed by atoms with van der Waals surface area (Å²) in [5.41, 5.74) is 1.35. The fourth-order valence-electron chi connectivity index (χ4n) is 3.66. The van der Waals surface area contributed by atoms with Gasteiger partial charge in [0, 0.05) is 25.1 Å². The number of rotatable bonds is 2. The van der Waals surface area contributed by atoms with Gasteiger partial charge in [-0.3, -0.25) is 9.69 Å². The molecule has 1 N–H and O–H groups in total. The quantitative estimate of drug-likeness (QED) is 0.909. The predicted molar refractivity (Wildman–Crippen MR) is 86.0 cm³/mol. The number of carbonyl (C=O) groups is 2. The standard InChI is InChI=1S/C17H22N2O4/c1-11-5-4-8-18(10-11)16(20)14-9-12-13(19(14)17(21)22)6-3-7-15(12)23-2/h3,6-7,11,14H,4-5,8-10H2,1-2H3,(H,21,22). The molecule has 2 unspecified atom stereocenters. The molecule has 23 heavy (non-hydrogen) atoms. The molecule has 2 atom stereocenters. The predicted octanol–water partition coefficient (Wildman–Crippen LogP) is 2.36. The molecule has 0 aromatic heterocycles. The van der Waals surface area contributed by atoms with Gasteiger partial charge in [-0.15, -0.1) is 0 Å². The number of benzene rings is 1.